The van der Waals surface area contributed by atoms with E-state index < -0.39 is 5.97 Å². The number of rotatable bonds is 2. The van der Waals surface area contributed by atoms with Gasteiger partial charge in [0.05, 0.1) is 0 Å². The van der Waals surface area contributed by atoms with Crippen molar-refractivity contribution in [2.24, 2.45) is 0 Å². The molecule has 98 valence electrons. The van der Waals surface area contributed by atoms with Gasteiger partial charge in [-0.3, -0.25) is 0 Å². The normalized spacial score (nSPS) is 10.4. The van der Waals surface area contributed by atoms with E-state index in [0.29, 0.717) is 17.1 Å². The summed E-state index contributed by atoms with van der Waals surface area (Å²) >= 11 is 0. The fourth-order valence-electron chi connectivity index (χ4n) is 1.97. The first-order valence-electron chi connectivity index (χ1n) is 6.15. The average molecular weight is 264 g/mol. The molecule has 2 aromatic carbocycles. The maximum absolute atomic E-state index is 12.2. The summed E-state index contributed by atoms with van der Waals surface area (Å²) in [5.74, 6) is -0.0366. The van der Waals surface area contributed by atoms with Crippen LogP contribution >= 0.6 is 0 Å². The van der Waals surface area contributed by atoms with Crippen molar-refractivity contribution in [3.8, 4) is 5.75 Å². The highest BCUT2D eigenvalue weighted by Gasteiger charge is 2.13. The second-order valence-electron chi connectivity index (χ2n) is 4.34. The summed E-state index contributed by atoms with van der Waals surface area (Å²) in [6.45, 7) is 0. The zero-order valence-corrected chi connectivity index (χ0v) is 10.6. The van der Waals surface area contributed by atoms with Crippen LogP contribution in [-0.2, 0) is 0 Å². The number of nitrogens with two attached hydrogens (primary N) is 1. The molecular formula is C16H12N2O2. The summed E-state index contributed by atoms with van der Waals surface area (Å²) in [4.78, 5) is 16.3. The zero-order chi connectivity index (χ0) is 13.9. The molecule has 0 aliphatic rings. The first kappa shape index (κ1) is 12.2. The number of fused-ring (bicyclic) bond motifs is 1. The molecule has 0 saturated carbocycles. The number of carbonyl (C=O) groups excluding carboxylic acids is 1. The lowest BCUT2D eigenvalue weighted by Gasteiger charge is -2.06. The van der Waals surface area contributed by atoms with Gasteiger partial charge >= 0.3 is 5.97 Å². The van der Waals surface area contributed by atoms with Gasteiger partial charge in [0.2, 0.25) is 0 Å². The average Bonchev–Trinajstić information content (AvgIpc) is 2.49. The van der Waals surface area contributed by atoms with Gasteiger partial charge in [0, 0.05) is 17.3 Å². The number of anilines is 1. The Bertz CT molecular complexity index is 762. The maximum atomic E-state index is 12.2. The molecule has 0 amide bonds. The first-order chi connectivity index (χ1) is 9.74. The summed E-state index contributed by atoms with van der Waals surface area (Å²) in [6, 6.07) is 16.1. The summed E-state index contributed by atoms with van der Waals surface area (Å²) in [7, 11) is 0. The van der Waals surface area contributed by atoms with Gasteiger partial charge in [-0.15, -0.1) is 0 Å². The molecule has 2 N–H and O–H groups in total. The molecule has 3 aromatic rings. The third-order valence-electron chi connectivity index (χ3n) is 2.96. The molecule has 0 unspecified atom stereocenters. The first-order valence-corrected chi connectivity index (χ1v) is 6.15. The lowest BCUT2D eigenvalue weighted by Crippen LogP contribution is -2.11. The fraction of sp³-hybridized carbons (Fsp3) is 0. The number of nitrogen functional groups attached to an aromatic ring is 1. The van der Waals surface area contributed by atoms with Crippen molar-refractivity contribution in [2.75, 3.05) is 5.73 Å². The molecule has 0 saturated heterocycles. The van der Waals surface area contributed by atoms with Crippen LogP contribution in [0.15, 0.2) is 60.8 Å². The summed E-state index contributed by atoms with van der Waals surface area (Å²) in [5.41, 5.74) is 6.51. The van der Waals surface area contributed by atoms with Gasteiger partial charge in [0.15, 0.2) is 5.69 Å². The minimum absolute atomic E-state index is 0.305. The van der Waals surface area contributed by atoms with Crippen molar-refractivity contribution >= 4 is 22.4 Å². The van der Waals surface area contributed by atoms with Crippen LogP contribution in [0.1, 0.15) is 10.5 Å². The van der Waals surface area contributed by atoms with Crippen molar-refractivity contribution in [3.05, 3.63) is 66.5 Å². The van der Waals surface area contributed by atoms with E-state index in [0.717, 1.165) is 10.8 Å². The second kappa shape index (κ2) is 5.01. The molecule has 0 spiro atoms. The van der Waals surface area contributed by atoms with Crippen molar-refractivity contribution in [2.45, 2.75) is 0 Å². The van der Waals surface area contributed by atoms with Crippen LogP contribution in [0.5, 0.6) is 5.75 Å². The molecule has 1 aromatic heterocycles. The Balaban J connectivity index is 1.94. The van der Waals surface area contributed by atoms with Gasteiger partial charge in [-0.25, -0.2) is 9.78 Å². The molecule has 3 rings (SSSR count). The van der Waals surface area contributed by atoms with Gasteiger partial charge in [0.1, 0.15) is 5.75 Å². The van der Waals surface area contributed by atoms with Gasteiger partial charge in [0.25, 0.3) is 0 Å². The third-order valence-corrected chi connectivity index (χ3v) is 2.96. The Kier molecular flexibility index (Phi) is 3.05. The summed E-state index contributed by atoms with van der Waals surface area (Å²) in [5, 5.41) is 1.72. The summed E-state index contributed by atoms with van der Waals surface area (Å²) in [6.07, 6.45) is 1.60. The number of ether oxygens (including phenoxy) is 1. The van der Waals surface area contributed by atoms with Gasteiger partial charge in [-0.05, 0) is 35.7 Å². The van der Waals surface area contributed by atoms with E-state index in [9.17, 15) is 4.79 Å². The van der Waals surface area contributed by atoms with Crippen molar-refractivity contribution in [3.63, 3.8) is 0 Å². The van der Waals surface area contributed by atoms with E-state index in [4.69, 9.17) is 10.5 Å². The predicted octanol–water partition coefficient (Wildman–Crippen LogP) is 3.04. The van der Waals surface area contributed by atoms with Crippen LogP contribution in [0.25, 0.3) is 10.8 Å². The van der Waals surface area contributed by atoms with Crippen LogP contribution in [-0.4, -0.2) is 11.0 Å². The van der Waals surface area contributed by atoms with Gasteiger partial charge < -0.3 is 10.5 Å². The van der Waals surface area contributed by atoms with Gasteiger partial charge in [-0.2, -0.15) is 0 Å². The second-order valence-corrected chi connectivity index (χ2v) is 4.34. The Morgan fingerprint density at radius 3 is 2.55 bits per heavy atom. The number of esters is 1. The largest absolute Gasteiger partial charge is 0.422 e. The Morgan fingerprint density at radius 2 is 1.75 bits per heavy atom. The van der Waals surface area contributed by atoms with E-state index in [1.807, 2.05) is 30.3 Å². The highest BCUT2D eigenvalue weighted by molar-refractivity contribution is 6.03. The SMILES string of the molecule is Nc1ccc(OC(=O)c2nccc3ccccc23)cc1. The smallest absolute Gasteiger partial charge is 0.362 e. The van der Waals surface area contributed by atoms with Crippen LogP contribution in [0.3, 0.4) is 0 Å². The number of carbonyl (C=O) groups is 1. The molecule has 20 heavy (non-hydrogen) atoms. The lowest BCUT2D eigenvalue weighted by atomic mass is 10.1. The molecule has 0 fully saturated rings. The maximum Gasteiger partial charge on any atom is 0.362 e. The molecular weight excluding hydrogens is 252 g/mol. The van der Waals surface area contributed by atoms with Crippen LogP contribution in [0.2, 0.25) is 0 Å². The van der Waals surface area contributed by atoms with E-state index in [1.165, 1.54) is 0 Å². The monoisotopic (exact) mass is 264 g/mol. The topological polar surface area (TPSA) is 65.2 Å². The van der Waals surface area contributed by atoms with Crippen LogP contribution < -0.4 is 10.5 Å². The quantitative estimate of drug-likeness (QED) is 0.439. The number of benzene rings is 2. The van der Waals surface area contributed by atoms with E-state index in [1.54, 1.807) is 30.5 Å². The predicted molar refractivity (Wildman–Crippen MR) is 77.6 cm³/mol. The minimum Gasteiger partial charge on any atom is -0.422 e. The Morgan fingerprint density at radius 1 is 1.00 bits per heavy atom. The molecule has 0 radical (unpaired) electrons. The molecule has 0 aliphatic heterocycles. The number of aromatic nitrogens is 1. The van der Waals surface area contributed by atoms with Crippen LogP contribution in [0.4, 0.5) is 5.69 Å². The zero-order valence-electron chi connectivity index (χ0n) is 10.6. The number of hydrogen-bond acceptors (Lipinski definition) is 4. The molecule has 0 bridgehead atoms. The number of pyridine rings is 1. The van der Waals surface area contributed by atoms with E-state index >= 15 is 0 Å². The van der Waals surface area contributed by atoms with E-state index in [2.05, 4.69) is 4.98 Å². The summed E-state index contributed by atoms with van der Waals surface area (Å²) < 4.78 is 5.31. The fourth-order valence-corrected chi connectivity index (χ4v) is 1.97. The van der Waals surface area contributed by atoms with Crippen molar-refractivity contribution in [1.29, 1.82) is 0 Å². The van der Waals surface area contributed by atoms with E-state index in [-0.39, 0.29) is 0 Å². The van der Waals surface area contributed by atoms with Crippen molar-refractivity contribution in [1.82, 2.24) is 4.98 Å². The molecule has 0 aliphatic carbocycles. The number of hydrogen-bond donors (Lipinski definition) is 1. The standard InChI is InChI=1S/C16H12N2O2/c17-12-5-7-13(8-6-12)20-16(19)15-14-4-2-1-3-11(14)9-10-18-15/h1-10H,17H2. The molecule has 0 atom stereocenters. The van der Waals surface area contributed by atoms with Crippen molar-refractivity contribution < 1.29 is 9.53 Å². The molecule has 4 heteroatoms. The number of nitrogens with zero attached hydrogens (tertiary/aromatic N) is 1. The highest BCUT2D eigenvalue weighted by Crippen LogP contribution is 2.19. The highest BCUT2D eigenvalue weighted by atomic mass is 16.5. The molecule has 1 heterocycles. The molecule has 4 nitrogen and oxygen atoms in total. The Hall–Kier alpha value is -2.88. The minimum atomic E-state index is -0.480. The third kappa shape index (κ3) is 2.31. The van der Waals surface area contributed by atoms with Gasteiger partial charge in [-0.1, -0.05) is 24.3 Å². The Labute approximate surface area is 115 Å². The lowest BCUT2D eigenvalue weighted by molar-refractivity contribution is 0.0731. The van der Waals surface area contributed by atoms with Crippen LogP contribution in [0, 0.1) is 0 Å².